The highest BCUT2D eigenvalue weighted by Crippen LogP contribution is 2.36. The van der Waals surface area contributed by atoms with E-state index in [1.807, 2.05) is 44.6 Å². The molecule has 6 nitrogen and oxygen atoms in total. The first-order chi connectivity index (χ1) is 9.87. The predicted molar refractivity (Wildman–Crippen MR) is 79.1 cm³/mol. The first kappa shape index (κ1) is 14.2. The second kappa shape index (κ2) is 4.93. The van der Waals surface area contributed by atoms with Gasteiger partial charge in [-0.25, -0.2) is 0 Å². The highest BCUT2D eigenvalue weighted by Gasteiger charge is 2.52. The molecule has 1 aliphatic heterocycles. The van der Waals surface area contributed by atoms with E-state index in [-0.39, 0.29) is 18.3 Å². The Balaban J connectivity index is 1.74. The Morgan fingerprint density at radius 1 is 1.10 bits per heavy atom. The molecule has 0 aliphatic carbocycles. The summed E-state index contributed by atoms with van der Waals surface area (Å²) in [4.78, 5) is 0. The lowest BCUT2D eigenvalue weighted by Crippen LogP contribution is -2.41. The SMILES string of the molecule is CC1(C)OB(c2cnn(Cc3ccnnc3)c2)OC1(C)C. The van der Waals surface area contributed by atoms with E-state index in [9.17, 15) is 0 Å². The van der Waals surface area contributed by atoms with Crippen LogP contribution in [0.2, 0.25) is 0 Å². The average molecular weight is 286 g/mol. The lowest BCUT2D eigenvalue weighted by Gasteiger charge is -2.32. The quantitative estimate of drug-likeness (QED) is 0.788. The third kappa shape index (κ3) is 2.71. The van der Waals surface area contributed by atoms with Crippen LogP contribution in [0, 0.1) is 0 Å². The van der Waals surface area contributed by atoms with Crippen molar-refractivity contribution >= 4 is 12.6 Å². The average Bonchev–Trinajstić information content (AvgIpc) is 2.94. The zero-order chi connectivity index (χ0) is 15.1. The van der Waals surface area contributed by atoms with Crippen LogP contribution < -0.4 is 5.46 Å². The Bertz CT molecular complexity index is 611. The van der Waals surface area contributed by atoms with Gasteiger partial charge in [0.2, 0.25) is 0 Å². The van der Waals surface area contributed by atoms with E-state index in [4.69, 9.17) is 9.31 Å². The minimum atomic E-state index is -0.376. The molecule has 0 radical (unpaired) electrons. The fourth-order valence-electron chi connectivity index (χ4n) is 2.17. The van der Waals surface area contributed by atoms with Crippen molar-refractivity contribution < 1.29 is 9.31 Å². The predicted octanol–water partition coefficient (Wildman–Crippen LogP) is 1.02. The van der Waals surface area contributed by atoms with E-state index < -0.39 is 0 Å². The molecule has 2 aromatic rings. The normalized spacial score (nSPS) is 19.9. The van der Waals surface area contributed by atoms with Gasteiger partial charge in [-0.05, 0) is 39.3 Å². The van der Waals surface area contributed by atoms with Crippen LogP contribution in [-0.2, 0) is 15.9 Å². The van der Waals surface area contributed by atoms with Gasteiger partial charge in [0.15, 0.2) is 0 Å². The molecule has 110 valence electrons. The second-order valence-electron chi connectivity index (χ2n) is 6.31. The third-order valence-electron chi connectivity index (χ3n) is 4.17. The molecule has 0 N–H and O–H groups in total. The molecule has 3 heterocycles. The van der Waals surface area contributed by atoms with Crippen LogP contribution in [0.4, 0.5) is 0 Å². The van der Waals surface area contributed by atoms with Crippen molar-refractivity contribution in [1.82, 2.24) is 20.0 Å². The van der Waals surface area contributed by atoms with Crippen molar-refractivity contribution in [1.29, 1.82) is 0 Å². The Morgan fingerprint density at radius 3 is 2.43 bits per heavy atom. The van der Waals surface area contributed by atoms with Crippen LogP contribution in [0.25, 0.3) is 0 Å². The topological polar surface area (TPSA) is 62.1 Å². The molecule has 0 saturated carbocycles. The number of nitrogens with zero attached hydrogens (tertiary/aromatic N) is 4. The van der Waals surface area contributed by atoms with E-state index in [1.165, 1.54) is 0 Å². The largest absolute Gasteiger partial charge is 0.498 e. The molecular formula is C14H19BN4O2. The summed E-state index contributed by atoms with van der Waals surface area (Å²) < 4.78 is 13.9. The van der Waals surface area contributed by atoms with Crippen molar-refractivity contribution in [2.75, 3.05) is 0 Å². The molecule has 2 aromatic heterocycles. The van der Waals surface area contributed by atoms with E-state index in [2.05, 4.69) is 15.3 Å². The van der Waals surface area contributed by atoms with Crippen LogP contribution in [0.3, 0.4) is 0 Å². The van der Waals surface area contributed by atoms with Gasteiger partial charge in [-0.2, -0.15) is 15.3 Å². The van der Waals surface area contributed by atoms with Crippen LogP contribution in [-0.4, -0.2) is 38.3 Å². The van der Waals surface area contributed by atoms with Gasteiger partial charge in [0.25, 0.3) is 0 Å². The summed E-state index contributed by atoms with van der Waals surface area (Å²) in [6.45, 7) is 8.81. The van der Waals surface area contributed by atoms with Crippen LogP contribution in [0.15, 0.2) is 30.9 Å². The van der Waals surface area contributed by atoms with Gasteiger partial charge in [0.1, 0.15) is 0 Å². The number of aromatic nitrogens is 4. The van der Waals surface area contributed by atoms with Crippen molar-refractivity contribution in [2.24, 2.45) is 0 Å². The van der Waals surface area contributed by atoms with Crippen molar-refractivity contribution in [3.63, 3.8) is 0 Å². The van der Waals surface area contributed by atoms with E-state index in [0.29, 0.717) is 6.54 Å². The van der Waals surface area contributed by atoms with E-state index in [1.54, 1.807) is 18.6 Å². The van der Waals surface area contributed by atoms with E-state index in [0.717, 1.165) is 11.0 Å². The molecule has 0 atom stereocenters. The lowest BCUT2D eigenvalue weighted by molar-refractivity contribution is 0.00578. The fourth-order valence-corrected chi connectivity index (χ4v) is 2.17. The molecular weight excluding hydrogens is 267 g/mol. The summed E-state index contributed by atoms with van der Waals surface area (Å²) in [5, 5.41) is 12.0. The second-order valence-corrected chi connectivity index (χ2v) is 6.31. The third-order valence-corrected chi connectivity index (χ3v) is 4.17. The van der Waals surface area contributed by atoms with Gasteiger partial charge in [-0.1, -0.05) is 0 Å². The summed E-state index contributed by atoms with van der Waals surface area (Å²) in [5.74, 6) is 0. The molecule has 1 fully saturated rings. The smallest absolute Gasteiger partial charge is 0.399 e. The molecule has 3 rings (SSSR count). The van der Waals surface area contributed by atoms with Crippen LogP contribution in [0.5, 0.6) is 0 Å². The zero-order valence-corrected chi connectivity index (χ0v) is 12.8. The zero-order valence-electron chi connectivity index (χ0n) is 12.8. The minimum absolute atomic E-state index is 0.339. The molecule has 0 unspecified atom stereocenters. The summed E-state index contributed by atoms with van der Waals surface area (Å²) in [6, 6.07) is 1.92. The van der Waals surface area contributed by atoms with Gasteiger partial charge in [-0.3, -0.25) is 4.68 Å². The fraction of sp³-hybridized carbons (Fsp3) is 0.500. The van der Waals surface area contributed by atoms with Crippen LogP contribution >= 0.6 is 0 Å². The first-order valence-corrected chi connectivity index (χ1v) is 7.01. The number of hydrogen-bond acceptors (Lipinski definition) is 5. The summed E-state index contributed by atoms with van der Waals surface area (Å²) in [6.07, 6.45) is 7.14. The Labute approximate surface area is 124 Å². The number of hydrogen-bond donors (Lipinski definition) is 0. The van der Waals surface area contributed by atoms with Crippen molar-refractivity contribution in [3.8, 4) is 0 Å². The van der Waals surface area contributed by atoms with Crippen molar-refractivity contribution in [3.05, 3.63) is 36.4 Å². The first-order valence-electron chi connectivity index (χ1n) is 7.01. The Morgan fingerprint density at radius 2 is 1.81 bits per heavy atom. The molecule has 21 heavy (non-hydrogen) atoms. The summed E-state index contributed by atoms with van der Waals surface area (Å²) in [7, 11) is -0.376. The summed E-state index contributed by atoms with van der Waals surface area (Å²) in [5.41, 5.74) is 1.30. The maximum atomic E-state index is 6.02. The Kier molecular flexibility index (Phi) is 3.34. The Hall–Kier alpha value is -1.73. The van der Waals surface area contributed by atoms with Crippen molar-refractivity contribution in [2.45, 2.75) is 45.4 Å². The molecule has 0 spiro atoms. The molecule has 0 bridgehead atoms. The van der Waals surface area contributed by atoms with Crippen LogP contribution in [0.1, 0.15) is 33.3 Å². The maximum absolute atomic E-state index is 6.02. The van der Waals surface area contributed by atoms with Gasteiger partial charge < -0.3 is 9.31 Å². The standard InChI is InChI=1S/C14H19BN4O2/c1-13(2)14(3,4)21-15(20-13)12-8-18-19(10-12)9-11-5-6-16-17-7-11/h5-8,10H,9H2,1-4H3. The molecule has 7 heteroatoms. The minimum Gasteiger partial charge on any atom is -0.399 e. The maximum Gasteiger partial charge on any atom is 0.498 e. The highest BCUT2D eigenvalue weighted by atomic mass is 16.7. The molecule has 1 aliphatic rings. The van der Waals surface area contributed by atoms with Gasteiger partial charge in [0, 0.05) is 24.1 Å². The molecule has 0 amide bonds. The summed E-state index contributed by atoms with van der Waals surface area (Å²) >= 11 is 0. The lowest BCUT2D eigenvalue weighted by atomic mass is 9.82. The highest BCUT2D eigenvalue weighted by molar-refractivity contribution is 6.61. The molecule has 0 aromatic carbocycles. The monoisotopic (exact) mass is 286 g/mol. The van der Waals surface area contributed by atoms with Gasteiger partial charge in [0.05, 0.1) is 23.9 Å². The molecule has 1 saturated heterocycles. The van der Waals surface area contributed by atoms with Gasteiger partial charge in [-0.15, -0.1) is 0 Å². The number of rotatable bonds is 3. The van der Waals surface area contributed by atoms with E-state index >= 15 is 0 Å². The van der Waals surface area contributed by atoms with Gasteiger partial charge >= 0.3 is 7.12 Å².